The summed E-state index contributed by atoms with van der Waals surface area (Å²) in [7, 11) is 0. The Morgan fingerprint density at radius 1 is 1.19 bits per heavy atom. The highest BCUT2D eigenvalue weighted by atomic mass is 32.2. The monoisotopic (exact) mass is 368 g/mol. The summed E-state index contributed by atoms with van der Waals surface area (Å²) in [5.41, 5.74) is 2.97. The van der Waals surface area contributed by atoms with Gasteiger partial charge in [-0.05, 0) is 44.5 Å². The maximum absolute atomic E-state index is 12.0. The van der Waals surface area contributed by atoms with Crippen LogP contribution in [0.4, 0.5) is 0 Å². The molecule has 134 valence electrons. The fourth-order valence-corrected chi connectivity index (χ4v) is 3.39. The van der Waals surface area contributed by atoms with Gasteiger partial charge in [-0.1, -0.05) is 30.0 Å². The van der Waals surface area contributed by atoms with Crippen molar-refractivity contribution in [2.45, 2.75) is 31.2 Å². The summed E-state index contributed by atoms with van der Waals surface area (Å²) in [6, 6.07) is 11.8. The van der Waals surface area contributed by atoms with Crippen LogP contribution in [0, 0.1) is 6.92 Å². The normalized spacial score (nSPS) is 12.0. The van der Waals surface area contributed by atoms with Gasteiger partial charge in [0, 0.05) is 18.0 Å². The summed E-state index contributed by atoms with van der Waals surface area (Å²) in [4.78, 5) is 16.1. The molecule has 0 radical (unpaired) electrons. The quantitative estimate of drug-likeness (QED) is 0.488. The average Bonchev–Trinajstić information content (AvgIpc) is 3.06. The van der Waals surface area contributed by atoms with Gasteiger partial charge in [-0.3, -0.25) is 14.3 Å². The zero-order valence-electron chi connectivity index (χ0n) is 14.9. The first-order valence-corrected chi connectivity index (χ1v) is 9.25. The highest BCUT2D eigenvalue weighted by Gasteiger charge is 2.23. The van der Waals surface area contributed by atoms with Gasteiger partial charge in [0.2, 0.25) is 0 Å². The van der Waals surface area contributed by atoms with E-state index in [4.69, 9.17) is 4.74 Å². The summed E-state index contributed by atoms with van der Waals surface area (Å²) in [6.45, 7) is 6.00. The molecular formula is C19H20N4O2S. The third-order valence-electron chi connectivity index (χ3n) is 3.83. The van der Waals surface area contributed by atoms with Crippen molar-refractivity contribution in [3.8, 4) is 17.1 Å². The fraction of sp³-hybridized carbons (Fsp3) is 0.263. The lowest BCUT2D eigenvalue weighted by Gasteiger charge is -2.14. The number of para-hydroxylation sites is 1. The molecule has 1 aromatic carbocycles. The lowest BCUT2D eigenvalue weighted by Crippen LogP contribution is -2.17. The molecule has 0 fully saturated rings. The fourth-order valence-electron chi connectivity index (χ4n) is 2.53. The highest BCUT2D eigenvalue weighted by Crippen LogP contribution is 2.31. The van der Waals surface area contributed by atoms with E-state index < -0.39 is 0 Å². The van der Waals surface area contributed by atoms with Crippen LogP contribution in [0.2, 0.25) is 0 Å². The Morgan fingerprint density at radius 2 is 1.92 bits per heavy atom. The van der Waals surface area contributed by atoms with Crippen molar-refractivity contribution in [1.82, 2.24) is 19.7 Å². The number of aryl methyl sites for hydroxylation is 1. The van der Waals surface area contributed by atoms with Crippen LogP contribution in [0.15, 0.2) is 53.9 Å². The molecule has 2 heterocycles. The number of aromatic nitrogens is 4. The molecule has 2 aromatic heterocycles. The van der Waals surface area contributed by atoms with Crippen LogP contribution in [0.5, 0.6) is 0 Å². The first-order valence-electron chi connectivity index (χ1n) is 8.37. The maximum atomic E-state index is 12.0. The molecule has 7 heteroatoms. The third-order valence-corrected chi connectivity index (χ3v) is 4.85. The molecular weight excluding hydrogens is 348 g/mol. The number of thioether (sulfide) groups is 1. The molecule has 0 amide bonds. The molecule has 0 spiro atoms. The molecule has 0 N–H and O–H groups in total. The Bertz CT molecular complexity index is 896. The number of benzene rings is 1. The second-order valence-corrected chi connectivity index (χ2v) is 6.98. The maximum Gasteiger partial charge on any atom is 0.319 e. The number of rotatable bonds is 6. The lowest BCUT2D eigenvalue weighted by molar-refractivity contribution is -0.142. The van der Waals surface area contributed by atoms with Crippen molar-refractivity contribution in [2.24, 2.45) is 0 Å². The van der Waals surface area contributed by atoms with E-state index in [9.17, 15) is 4.79 Å². The summed E-state index contributed by atoms with van der Waals surface area (Å²) in [6.07, 6.45) is 3.44. The summed E-state index contributed by atoms with van der Waals surface area (Å²) < 4.78 is 7.09. The van der Waals surface area contributed by atoms with E-state index in [-0.39, 0.29) is 11.2 Å². The van der Waals surface area contributed by atoms with Gasteiger partial charge >= 0.3 is 5.97 Å². The Labute approximate surface area is 156 Å². The molecule has 0 aliphatic carbocycles. The van der Waals surface area contributed by atoms with Crippen molar-refractivity contribution in [3.05, 3.63) is 54.4 Å². The van der Waals surface area contributed by atoms with Crippen LogP contribution < -0.4 is 0 Å². The number of nitrogens with zero attached hydrogens (tertiary/aromatic N) is 4. The van der Waals surface area contributed by atoms with E-state index in [1.165, 1.54) is 11.8 Å². The summed E-state index contributed by atoms with van der Waals surface area (Å²) in [5, 5.41) is 8.98. The molecule has 0 saturated heterocycles. The first-order chi connectivity index (χ1) is 12.6. The number of pyridine rings is 1. The van der Waals surface area contributed by atoms with Gasteiger partial charge in [-0.2, -0.15) is 0 Å². The number of ether oxygens (including phenoxy) is 1. The Kier molecular flexibility index (Phi) is 5.68. The van der Waals surface area contributed by atoms with E-state index in [1.54, 1.807) is 19.3 Å². The predicted molar refractivity (Wildman–Crippen MR) is 101 cm³/mol. The SMILES string of the molecule is CCOC(=O)C(C)Sc1nnc(-c2ccncc2)n1-c1ccccc1C. The van der Waals surface area contributed by atoms with Crippen molar-refractivity contribution < 1.29 is 9.53 Å². The van der Waals surface area contributed by atoms with E-state index in [1.807, 2.05) is 54.8 Å². The van der Waals surface area contributed by atoms with Gasteiger partial charge in [-0.25, -0.2) is 0 Å². The summed E-state index contributed by atoms with van der Waals surface area (Å²) >= 11 is 1.34. The lowest BCUT2D eigenvalue weighted by atomic mass is 10.2. The second-order valence-electron chi connectivity index (χ2n) is 5.68. The number of hydrogen-bond acceptors (Lipinski definition) is 6. The molecule has 6 nitrogen and oxygen atoms in total. The van der Waals surface area contributed by atoms with E-state index in [0.717, 1.165) is 16.8 Å². The Hall–Kier alpha value is -2.67. The molecule has 0 bridgehead atoms. The van der Waals surface area contributed by atoms with Crippen LogP contribution in [-0.2, 0) is 9.53 Å². The average molecular weight is 368 g/mol. The highest BCUT2D eigenvalue weighted by molar-refractivity contribution is 8.00. The number of carbonyl (C=O) groups is 1. The van der Waals surface area contributed by atoms with Crippen LogP contribution in [-0.4, -0.2) is 37.6 Å². The van der Waals surface area contributed by atoms with Gasteiger partial charge in [0.1, 0.15) is 5.25 Å². The number of esters is 1. The Balaban J connectivity index is 2.07. The van der Waals surface area contributed by atoms with Crippen molar-refractivity contribution in [3.63, 3.8) is 0 Å². The second kappa shape index (κ2) is 8.14. The largest absolute Gasteiger partial charge is 0.465 e. The molecule has 26 heavy (non-hydrogen) atoms. The van der Waals surface area contributed by atoms with Crippen molar-refractivity contribution >= 4 is 17.7 Å². The molecule has 1 atom stereocenters. The van der Waals surface area contributed by atoms with Crippen molar-refractivity contribution in [1.29, 1.82) is 0 Å². The molecule has 0 saturated carbocycles. The number of carbonyl (C=O) groups excluding carboxylic acids is 1. The van der Waals surface area contributed by atoms with Crippen LogP contribution in [0.25, 0.3) is 17.1 Å². The van der Waals surface area contributed by atoms with Crippen LogP contribution in [0.3, 0.4) is 0 Å². The molecule has 0 aliphatic heterocycles. The van der Waals surface area contributed by atoms with E-state index in [0.29, 0.717) is 17.6 Å². The molecule has 1 unspecified atom stereocenters. The number of hydrogen-bond donors (Lipinski definition) is 0. The standard InChI is InChI=1S/C19H20N4O2S/c1-4-25-18(24)14(3)26-19-22-21-17(15-9-11-20-12-10-15)23(19)16-8-6-5-7-13(16)2/h5-12,14H,4H2,1-3H3. The van der Waals surface area contributed by atoms with Crippen molar-refractivity contribution in [2.75, 3.05) is 6.61 Å². The minimum Gasteiger partial charge on any atom is -0.465 e. The topological polar surface area (TPSA) is 69.9 Å². The molecule has 3 rings (SSSR count). The van der Waals surface area contributed by atoms with E-state index in [2.05, 4.69) is 15.2 Å². The van der Waals surface area contributed by atoms with Gasteiger partial charge in [-0.15, -0.1) is 10.2 Å². The van der Waals surface area contributed by atoms with Crippen LogP contribution >= 0.6 is 11.8 Å². The van der Waals surface area contributed by atoms with Gasteiger partial charge in [0.25, 0.3) is 0 Å². The van der Waals surface area contributed by atoms with Gasteiger partial charge in [0.15, 0.2) is 11.0 Å². The predicted octanol–water partition coefficient (Wildman–Crippen LogP) is 3.68. The van der Waals surface area contributed by atoms with Crippen LogP contribution in [0.1, 0.15) is 19.4 Å². The first kappa shape index (κ1) is 18.1. The molecule has 3 aromatic rings. The minimum atomic E-state index is -0.382. The third kappa shape index (κ3) is 3.77. The minimum absolute atomic E-state index is 0.262. The Morgan fingerprint density at radius 3 is 2.62 bits per heavy atom. The van der Waals surface area contributed by atoms with E-state index >= 15 is 0 Å². The smallest absolute Gasteiger partial charge is 0.319 e. The zero-order chi connectivity index (χ0) is 18.5. The van der Waals surface area contributed by atoms with Gasteiger partial charge < -0.3 is 4.74 Å². The van der Waals surface area contributed by atoms with Gasteiger partial charge in [0.05, 0.1) is 12.3 Å². The zero-order valence-corrected chi connectivity index (χ0v) is 15.7. The molecule has 0 aliphatic rings. The summed E-state index contributed by atoms with van der Waals surface area (Å²) in [5.74, 6) is 0.447.